The molecule has 38 heavy (non-hydrogen) atoms. The first-order chi connectivity index (χ1) is 18.4. The van der Waals surface area contributed by atoms with E-state index in [2.05, 4.69) is 77.4 Å². The first kappa shape index (κ1) is 25.7. The summed E-state index contributed by atoms with van der Waals surface area (Å²) in [6.07, 6.45) is 3.46. The van der Waals surface area contributed by atoms with Gasteiger partial charge in [-0.1, -0.05) is 51.1 Å². The Morgan fingerprint density at radius 3 is 2.42 bits per heavy atom. The number of aromatic nitrogens is 2. The fourth-order valence-electron chi connectivity index (χ4n) is 4.90. The van der Waals surface area contributed by atoms with Gasteiger partial charge < -0.3 is 14.5 Å². The Morgan fingerprint density at radius 2 is 1.76 bits per heavy atom. The molecule has 0 saturated carbocycles. The van der Waals surface area contributed by atoms with Gasteiger partial charge in [0.1, 0.15) is 18.6 Å². The van der Waals surface area contributed by atoms with E-state index in [0.717, 1.165) is 29.2 Å². The van der Waals surface area contributed by atoms with Crippen LogP contribution in [0.4, 0.5) is 0 Å². The normalized spacial score (nSPS) is 15.7. The minimum Gasteiger partial charge on any atom is -0.487 e. The van der Waals surface area contributed by atoms with Crippen molar-refractivity contribution in [2.75, 3.05) is 19.6 Å². The summed E-state index contributed by atoms with van der Waals surface area (Å²) in [6, 6.07) is 22.7. The molecule has 1 N–H and O–H groups in total. The van der Waals surface area contributed by atoms with E-state index in [1.54, 1.807) is 12.5 Å². The summed E-state index contributed by atoms with van der Waals surface area (Å²) in [4.78, 5) is 22.7. The lowest BCUT2D eigenvalue weighted by Crippen LogP contribution is -2.47. The molecule has 1 fully saturated rings. The molecule has 196 valence electrons. The van der Waals surface area contributed by atoms with Gasteiger partial charge in [0.05, 0.1) is 17.9 Å². The third-order valence-corrected chi connectivity index (χ3v) is 7.51. The monoisotopic (exact) mass is 510 g/mol. The largest absolute Gasteiger partial charge is 0.487 e. The van der Waals surface area contributed by atoms with Crippen molar-refractivity contribution in [1.82, 2.24) is 20.2 Å². The summed E-state index contributed by atoms with van der Waals surface area (Å²) in [5, 5.41) is 2.85. The van der Waals surface area contributed by atoms with Crippen LogP contribution in [0, 0.1) is 5.92 Å². The Hall–Kier alpha value is -3.97. The van der Waals surface area contributed by atoms with Gasteiger partial charge in [-0.25, -0.2) is 4.98 Å². The molecule has 0 bridgehead atoms. The number of amides is 1. The number of carbonyl (C=O) groups excluding carboxylic acids is 1. The van der Waals surface area contributed by atoms with Crippen LogP contribution in [0.5, 0.6) is 5.75 Å². The minimum absolute atomic E-state index is 0.0513. The van der Waals surface area contributed by atoms with E-state index in [9.17, 15) is 4.79 Å². The third kappa shape index (κ3) is 5.63. The zero-order valence-electron chi connectivity index (χ0n) is 22.2. The van der Waals surface area contributed by atoms with E-state index in [4.69, 9.17) is 9.15 Å². The van der Waals surface area contributed by atoms with Crippen LogP contribution in [0.15, 0.2) is 83.6 Å². The van der Waals surface area contributed by atoms with Crippen molar-refractivity contribution in [3.05, 3.63) is 102 Å². The van der Waals surface area contributed by atoms with E-state index >= 15 is 0 Å². The summed E-state index contributed by atoms with van der Waals surface area (Å²) >= 11 is 0. The second-order valence-corrected chi connectivity index (χ2v) is 10.3. The molecular weight excluding hydrogens is 476 g/mol. The van der Waals surface area contributed by atoms with E-state index in [1.165, 1.54) is 11.1 Å². The number of carbonyl (C=O) groups is 1. The number of benzene rings is 2. The number of nitrogens with zero attached hydrogens (tertiary/aromatic N) is 3. The Bertz CT molecular complexity index is 1350. The maximum absolute atomic E-state index is 11.6. The SMILES string of the molecule is CC(C)C(C)(c1ccc(OCc2ccccn2)cc1)c1ccc(-c2nc(CN3CCNC(=O)C3)co2)cc1. The van der Waals surface area contributed by atoms with Crippen molar-refractivity contribution in [3.63, 3.8) is 0 Å². The van der Waals surface area contributed by atoms with Crippen LogP contribution < -0.4 is 10.1 Å². The molecule has 3 heterocycles. The van der Waals surface area contributed by atoms with E-state index in [1.807, 2.05) is 30.3 Å². The van der Waals surface area contributed by atoms with Crippen LogP contribution in [0.2, 0.25) is 0 Å². The van der Waals surface area contributed by atoms with E-state index < -0.39 is 0 Å². The highest BCUT2D eigenvalue weighted by molar-refractivity contribution is 5.78. The van der Waals surface area contributed by atoms with Gasteiger partial charge in [-0.05, 0) is 53.4 Å². The number of ether oxygens (including phenoxy) is 1. The Kier molecular flexibility index (Phi) is 7.56. The maximum atomic E-state index is 11.6. The molecule has 2 aromatic heterocycles. The molecule has 1 unspecified atom stereocenters. The van der Waals surface area contributed by atoms with Gasteiger partial charge in [-0.2, -0.15) is 0 Å². The second kappa shape index (κ2) is 11.2. The molecular formula is C31H34N4O3. The fraction of sp³-hybridized carbons (Fsp3) is 0.323. The van der Waals surface area contributed by atoms with Crippen molar-refractivity contribution < 1.29 is 13.9 Å². The first-order valence-corrected chi connectivity index (χ1v) is 13.1. The van der Waals surface area contributed by atoms with Gasteiger partial charge in [0.2, 0.25) is 11.8 Å². The molecule has 1 aliphatic rings. The summed E-state index contributed by atoms with van der Waals surface area (Å²) in [5.41, 5.74) is 4.94. The quantitative estimate of drug-likeness (QED) is 0.333. The maximum Gasteiger partial charge on any atom is 0.234 e. The van der Waals surface area contributed by atoms with Gasteiger partial charge in [-0.3, -0.25) is 14.7 Å². The molecule has 5 rings (SSSR count). The molecule has 1 aliphatic heterocycles. The van der Waals surface area contributed by atoms with Crippen molar-refractivity contribution >= 4 is 5.91 Å². The molecule has 7 nitrogen and oxygen atoms in total. The van der Waals surface area contributed by atoms with Crippen LogP contribution in [-0.4, -0.2) is 40.4 Å². The van der Waals surface area contributed by atoms with Crippen LogP contribution in [0.25, 0.3) is 11.5 Å². The molecule has 1 amide bonds. The molecule has 2 aromatic carbocycles. The molecule has 0 radical (unpaired) electrons. The number of nitrogens with one attached hydrogen (secondary N) is 1. The van der Waals surface area contributed by atoms with Crippen LogP contribution in [0.1, 0.15) is 43.3 Å². The smallest absolute Gasteiger partial charge is 0.234 e. The zero-order chi connectivity index (χ0) is 26.5. The topological polar surface area (TPSA) is 80.5 Å². The molecule has 7 heteroatoms. The lowest BCUT2D eigenvalue weighted by atomic mass is 9.68. The summed E-state index contributed by atoms with van der Waals surface area (Å²) in [6.45, 7) is 9.70. The highest BCUT2D eigenvalue weighted by Crippen LogP contribution is 2.40. The number of piperazine rings is 1. The van der Waals surface area contributed by atoms with Crippen molar-refractivity contribution in [1.29, 1.82) is 0 Å². The third-order valence-electron chi connectivity index (χ3n) is 7.51. The molecule has 4 aromatic rings. The first-order valence-electron chi connectivity index (χ1n) is 13.1. The van der Waals surface area contributed by atoms with Crippen molar-refractivity contribution in [2.24, 2.45) is 5.92 Å². The van der Waals surface area contributed by atoms with E-state index in [0.29, 0.717) is 38.0 Å². The second-order valence-electron chi connectivity index (χ2n) is 10.3. The van der Waals surface area contributed by atoms with Gasteiger partial charge in [0.25, 0.3) is 0 Å². The number of hydrogen-bond donors (Lipinski definition) is 1. The number of hydrogen-bond acceptors (Lipinski definition) is 6. The zero-order valence-corrected chi connectivity index (χ0v) is 22.2. The van der Waals surface area contributed by atoms with Crippen molar-refractivity contribution in [3.8, 4) is 17.2 Å². The molecule has 1 atom stereocenters. The number of oxazole rings is 1. The molecule has 0 aliphatic carbocycles. The van der Waals surface area contributed by atoms with Crippen molar-refractivity contribution in [2.45, 2.75) is 39.3 Å². The van der Waals surface area contributed by atoms with Gasteiger partial charge >= 0.3 is 0 Å². The van der Waals surface area contributed by atoms with Crippen LogP contribution >= 0.6 is 0 Å². The van der Waals surface area contributed by atoms with Gasteiger partial charge in [0, 0.05) is 36.8 Å². The summed E-state index contributed by atoms with van der Waals surface area (Å²) in [7, 11) is 0. The lowest BCUT2D eigenvalue weighted by molar-refractivity contribution is -0.124. The van der Waals surface area contributed by atoms with Gasteiger partial charge in [0.15, 0.2) is 0 Å². The van der Waals surface area contributed by atoms with Crippen LogP contribution in [-0.2, 0) is 23.4 Å². The Labute approximate surface area is 223 Å². The average molecular weight is 511 g/mol. The fourth-order valence-corrected chi connectivity index (χ4v) is 4.90. The Morgan fingerprint density at radius 1 is 1.03 bits per heavy atom. The number of pyridine rings is 1. The summed E-state index contributed by atoms with van der Waals surface area (Å²) < 4.78 is 11.7. The lowest BCUT2D eigenvalue weighted by Gasteiger charge is -2.35. The predicted molar refractivity (Wildman–Crippen MR) is 147 cm³/mol. The van der Waals surface area contributed by atoms with E-state index in [-0.39, 0.29) is 11.3 Å². The molecule has 1 saturated heterocycles. The standard InChI is InChI=1S/C31H34N4O3/c1-22(2)31(3,25-11-13-28(14-12-25)37-20-26-6-4-5-15-32-26)24-9-7-23(8-10-24)30-34-27(21-38-30)18-35-17-16-33-29(36)19-35/h4-15,21-22H,16-20H2,1-3H3,(H,33,36). The highest BCUT2D eigenvalue weighted by Gasteiger charge is 2.32. The summed E-state index contributed by atoms with van der Waals surface area (Å²) in [5.74, 6) is 1.83. The number of rotatable bonds is 9. The van der Waals surface area contributed by atoms with Gasteiger partial charge in [-0.15, -0.1) is 0 Å². The minimum atomic E-state index is -0.186. The van der Waals surface area contributed by atoms with Crippen LogP contribution in [0.3, 0.4) is 0 Å². The average Bonchev–Trinajstić information content (AvgIpc) is 3.41. The predicted octanol–water partition coefficient (Wildman–Crippen LogP) is 5.21. The molecule has 0 spiro atoms. The highest BCUT2D eigenvalue weighted by atomic mass is 16.5. The Balaban J connectivity index is 1.29.